The highest BCUT2D eigenvalue weighted by Gasteiger charge is 2.34. The second-order valence-electron chi connectivity index (χ2n) is 4.42. The molecule has 0 unspecified atom stereocenters. The van der Waals surface area contributed by atoms with Crippen molar-refractivity contribution in [1.29, 1.82) is 0 Å². The van der Waals surface area contributed by atoms with E-state index in [9.17, 15) is 8.42 Å². The van der Waals surface area contributed by atoms with Crippen molar-refractivity contribution in [1.82, 2.24) is 14.3 Å². The molecule has 1 heterocycles. The molecule has 3 N–H and O–H groups in total. The maximum absolute atomic E-state index is 11.8. The maximum Gasteiger partial charge on any atom is 0.259 e. The summed E-state index contributed by atoms with van der Waals surface area (Å²) < 4.78 is 27.7. The van der Waals surface area contributed by atoms with Crippen LogP contribution in [0.2, 0.25) is 0 Å². The van der Waals surface area contributed by atoms with Gasteiger partial charge in [-0.3, -0.25) is 0 Å². The number of halogens is 1. The van der Waals surface area contributed by atoms with E-state index in [-0.39, 0.29) is 29.5 Å². The van der Waals surface area contributed by atoms with Crippen molar-refractivity contribution in [3.05, 3.63) is 12.5 Å². The zero-order valence-electron chi connectivity index (χ0n) is 9.59. The predicted octanol–water partition coefficient (Wildman–Crippen LogP) is 0.00160. The number of nitrogens with two attached hydrogens (primary N) is 1. The SMILES string of the molecule is Cl.Cn1cnc(S(=O)(=O)NCC2(N)CCC2)c1. The first-order valence-corrected chi connectivity index (χ1v) is 6.66. The number of imidazole rings is 1. The lowest BCUT2D eigenvalue weighted by Gasteiger charge is -2.37. The number of nitrogens with one attached hydrogen (secondary N) is 1. The Labute approximate surface area is 107 Å². The summed E-state index contributed by atoms with van der Waals surface area (Å²) in [4.78, 5) is 3.80. The Morgan fingerprint density at radius 3 is 2.65 bits per heavy atom. The van der Waals surface area contributed by atoms with Crippen molar-refractivity contribution in [2.45, 2.75) is 29.8 Å². The number of rotatable bonds is 4. The van der Waals surface area contributed by atoms with Gasteiger partial charge in [0.1, 0.15) is 0 Å². The zero-order valence-corrected chi connectivity index (χ0v) is 11.2. The molecule has 0 amide bonds. The summed E-state index contributed by atoms with van der Waals surface area (Å²) in [6, 6.07) is 0. The molecule has 1 aliphatic carbocycles. The quantitative estimate of drug-likeness (QED) is 0.812. The van der Waals surface area contributed by atoms with Gasteiger partial charge in [-0.2, -0.15) is 0 Å². The molecule has 1 aromatic rings. The van der Waals surface area contributed by atoms with Crippen LogP contribution in [0.25, 0.3) is 0 Å². The van der Waals surface area contributed by atoms with E-state index in [1.165, 1.54) is 12.5 Å². The first-order valence-electron chi connectivity index (χ1n) is 5.18. The third-order valence-corrected chi connectivity index (χ3v) is 4.21. The Balaban J connectivity index is 0.00000144. The third kappa shape index (κ3) is 3.19. The summed E-state index contributed by atoms with van der Waals surface area (Å²) in [6.45, 7) is 0.284. The van der Waals surface area contributed by atoms with Gasteiger partial charge < -0.3 is 10.3 Å². The van der Waals surface area contributed by atoms with Gasteiger partial charge in [0.2, 0.25) is 0 Å². The molecule has 0 atom stereocenters. The molecule has 0 spiro atoms. The fourth-order valence-corrected chi connectivity index (χ4v) is 2.76. The lowest BCUT2D eigenvalue weighted by molar-refractivity contribution is 0.251. The molecule has 1 aromatic heterocycles. The predicted molar refractivity (Wildman–Crippen MR) is 66.4 cm³/mol. The van der Waals surface area contributed by atoms with Gasteiger partial charge in [0.25, 0.3) is 10.0 Å². The zero-order chi connectivity index (χ0) is 11.8. The highest BCUT2D eigenvalue weighted by atomic mass is 35.5. The van der Waals surface area contributed by atoms with E-state index < -0.39 is 10.0 Å². The molecule has 6 nitrogen and oxygen atoms in total. The Morgan fingerprint density at radius 1 is 1.59 bits per heavy atom. The Morgan fingerprint density at radius 2 is 2.24 bits per heavy atom. The van der Waals surface area contributed by atoms with E-state index in [2.05, 4.69) is 9.71 Å². The largest absolute Gasteiger partial charge is 0.339 e. The molecule has 0 aliphatic heterocycles. The van der Waals surface area contributed by atoms with Crippen LogP contribution in [0.15, 0.2) is 17.6 Å². The molecule has 8 heteroatoms. The molecular weight excluding hydrogens is 264 g/mol. The summed E-state index contributed by atoms with van der Waals surface area (Å²) in [5, 5.41) is 0.0397. The van der Waals surface area contributed by atoms with Crippen LogP contribution in [0.1, 0.15) is 19.3 Å². The second kappa shape index (κ2) is 4.93. The number of hydrogen-bond donors (Lipinski definition) is 2. The van der Waals surface area contributed by atoms with E-state index in [0.29, 0.717) is 0 Å². The summed E-state index contributed by atoms with van der Waals surface area (Å²) in [5.41, 5.74) is 5.58. The van der Waals surface area contributed by atoms with E-state index in [1.807, 2.05) is 0 Å². The van der Waals surface area contributed by atoms with Crippen molar-refractivity contribution < 1.29 is 8.42 Å². The number of aryl methyl sites for hydroxylation is 1. The summed E-state index contributed by atoms with van der Waals surface area (Å²) in [6.07, 6.45) is 5.74. The van der Waals surface area contributed by atoms with Gasteiger partial charge >= 0.3 is 0 Å². The minimum atomic E-state index is -3.51. The first kappa shape index (κ1) is 14.4. The van der Waals surface area contributed by atoms with Crippen molar-refractivity contribution in [2.75, 3.05) is 6.54 Å². The highest BCUT2D eigenvalue weighted by molar-refractivity contribution is 7.89. The van der Waals surface area contributed by atoms with E-state index >= 15 is 0 Å². The maximum atomic E-state index is 11.8. The molecule has 0 radical (unpaired) electrons. The van der Waals surface area contributed by atoms with Crippen molar-refractivity contribution in [3.63, 3.8) is 0 Å². The molecule has 0 aromatic carbocycles. The van der Waals surface area contributed by atoms with Crippen LogP contribution >= 0.6 is 12.4 Å². The molecule has 17 heavy (non-hydrogen) atoms. The van der Waals surface area contributed by atoms with Crippen LogP contribution in [-0.4, -0.2) is 30.1 Å². The van der Waals surface area contributed by atoms with Gasteiger partial charge in [-0.25, -0.2) is 18.1 Å². The lowest BCUT2D eigenvalue weighted by Crippen LogP contribution is -2.54. The fourth-order valence-electron chi connectivity index (χ4n) is 1.65. The van der Waals surface area contributed by atoms with Crippen LogP contribution in [-0.2, 0) is 17.1 Å². The van der Waals surface area contributed by atoms with Gasteiger partial charge in [0.15, 0.2) is 5.03 Å². The van der Waals surface area contributed by atoms with Gasteiger partial charge in [-0.05, 0) is 19.3 Å². The number of sulfonamides is 1. The monoisotopic (exact) mass is 280 g/mol. The van der Waals surface area contributed by atoms with Crippen molar-refractivity contribution >= 4 is 22.4 Å². The molecular formula is C9H17ClN4O2S. The summed E-state index contributed by atoms with van der Waals surface area (Å²) >= 11 is 0. The normalized spacial score (nSPS) is 18.2. The van der Waals surface area contributed by atoms with Gasteiger partial charge in [-0.15, -0.1) is 12.4 Å². The summed E-state index contributed by atoms with van der Waals surface area (Å²) in [7, 11) is -1.79. The van der Waals surface area contributed by atoms with E-state index in [1.54, 1.807) is 11.6 Å². The minimum Gasteiger partial charge on any atom is -0.339 e. The molecule has 98 valence electrons. The molecule has 1 aliphatic rings. The van der Waals surface area contributed by atoms with Crippen LogP contribution in [0.5, 0.6) is 0 Å². The molecule has 0 bridgehead atoms. The molecule has 1 fully saturated rings. The number of nitrogens with zero attached hydrogens (tertiary/aromatic N) is 2. The van der Waals surface area contributed by atoms with E-state index in [0.717, 1.165) is 19.3 Å². The van der Waals surface area contributed by atoms with Crippen LogP contribution in [0, 0.1) is 0 Å². The van der Waals surface area contributed by atoms with E-state index in [4.69, 9.17) is 5.73 Å². The van der Waals surface area contributed by atoms with Crippen LogP contribution < -0.4 is 10.5 Å². The van der Waals surface area contributed by atoms with Gasteiger partial charge in [0, 0.05) is 25.3 Å². The van der Waals surface area contributed by atoms with Gasteiger partial charge in [-0.1, -0.05) is 0 Å². The number of hydrogen-bond acceptors (Lipinski definition) is 4. The third-order valence-electron chi connectivity index (χ3n) is 2.92. The number of aromatic nitrogens is 2. The van der Waals surface area contributed by atoms with Crippen LogP contribution in [0.3, 0.4) is 0 Å². The Kier molecular flexibility index (Phi) is 4.19. The smallest absolute Gasteiger partial charge is 0.259 e. The van der Waals surface area contributed by atoms with Gasteiger partial charge in [0.05, 0.1) is 6.33 Å². The standard InChI is InChI=1S/C9H16N4O2S.ClH/c1-13-5-8(11-7-13)16(14,15)12-6-9(10)3-2-4-9;/h5,7,12H,2-4,6,10H2,1H3;1H. The van der Waals surface area contributed by atoms with Crippen molar-refractivity contribution in [3.8, 4) is 0 Å². The average Bonchev–Trinajstić information content (AvgIpc) is 2.60. The van der Waals surface area contributed by atoms with Crippen molar-refractivity contribution in [2.24, 2.45) is 12.8 Å². The second-order valence-corrected chi connectivity index (χ2v) is 6.13. The Bertz CT molecular complexity index is 481. The highest BCUT2D eigenvalue weighted by Crippen LogP contribution is 2.28. The molecule has 0 saturated heterocycles. The topological polar surface area (TPSA) is 90.0 Å². The first-order chi connectivity index (χ1) is 7.41. The summed E-state index contributed by atoms with van der Waals surface area (Å²) in [5.74, 6) is 0. The average molecular weight is 281 g/mol. The Hall–Kier alpha value is -0.630. The minimum absolute atomic E-state index is 0. The molecule has 1 saturated carbocycles. The van der Waals surface area contributed by atoms with Crippen LogP contribution in [0.4, 0.5) is 0 Å². The lowest BCUT2D eigenvalue weighted by atomic mass is 9.78. The fraction of sp³-hybridized carbons (Fsp3) is 0.667. The molecule has 2 rings (SSSR count).